The molecule has 0 saturated carbocycles. The van der Waals surface area contributed by atoms with Crippen LogP contribution in [-0.2, 0) is 5.41 Å². The molecule has 0 atom stereocenters. The van der Waals surface area contributed by atoms with Gasteiger partial charge < -0.3 is 4.90 Å². The molecular weight excluding hydrogens is 565 g/mol. The van der Waals surface area contributed by atoms with Gasteiger partial charge in [0.2, 0.25) is 0 Å². The molecule has 3 heteroatoms. The van der Waals surface area contributed by atoms with Gasteiger partial charge in [-0.25, -0.2) is 4.98 Å². The van der Waals surface area contributed by atoms with Crippen LogP contribution in [0.4, 0.5) is 17.1 Å². The van der Waals surface area contributed by atoms with E-state index in [4.69, 9.17) is 4.98 Å². The summed E-state index contributed by atoms with van der Waals surface area (Å²) in [6.07, 6.45) is 2.09. The Kier molecular flexibility index (Phi) is 7.61. The molecule has 0 bridgehead atoms. The van der Waals surface area contributed by atoms with Crippen LogP contribution in [0.15, 0.2) is 109 Å². The third kappa shape index (κ3) is 4.80. The van der Waals surface area contributed by atoms with Crippen molar-refractivity contribution in [2.75, 3.05) is 4.90 Å². The van der Waals surface area contributed by atoms with Crippen LogP contribution >= 0.6 is 11.3 Å². The first-order valence-corrected chi connectivity index (χ1v) is 17.3. The maximum atomic E-state index is 5.02. The van der Waals surface area contributed by atoms with Gasteiger partial charge in [-0.3, -0.25) is 0 Å². The van der Waals surface area contributed by atoms with Gasteiger partial charge in [-0.1, -0.05) is 108 Å². The van der Waals surface area contributed by atoms with Crippen molar-refractivity contribution < 1.29 is 0 Å². The van der Waals surface area contributed by atoms with E-state index in [0.717, 1.165) is 23.4 Å². The third-order valence-corrected chi connectivity index (χ3v) is 11.0. The lowest BCUT2D eigenvalue weighted by molar-refractivity contribution is 0.490. The number of hydrogen-bond acceptors (Lipinski definition) is 3. The molecule has 0 fully saturated rings. The lowest BCUT2D eigenvalue weighted by Crippen LogP contribution is -2.24. The van der Waals surface area contributed by atoms with Crippen LogP contribution in [0.5, 0.6) is 0 Å². The van der Waals surface area contributed by atoms with Gasteiger partial charge in [-0.2, -0.15) is 0 Å². The fourth-order valence-electron chi connectivity index (χ4n) is 7.52. The predicted octanol–water partition coefficient (Wildman–Crippen LogP) is 12.8. The zero-order valence-electron chi connectivity index (χ0n) is 27.3. The second kappa shape index (κ2) is 11.6. The zero-order chi connectivity index (χ0) is 31.3. The smallest absolute Gasteiger partial charge is 0.124 e. The van der Waals surface area contributed by atoms with Gasteiger partial charge in [0.25, 0.3) is 0 Å². The highest BCUT2D eigenvalue weighted by Crippen LogP contribution is 2.55. The molecule has 1 aliphatic rings. The molecule has 6 aromatic rings. The molecule has 2 nitrogen and oxygen atoms in total. The second-order valence-electron chi connectivity index (χ2n) is 13.0. The molecule has 0 radical (unpaired) electrons. The van der Waals surface area contributed by atoms with Crippen molar-refractivity contribution in [2.24, 2.45) is 0 Å². The molecular formula is C42H42N2S. The quantitative estimate of drug-likeness (QED) is 0.171. The highest BCUT2D eigenvalue weighted by Gasteiger charge is 2.41. The highest BCUT2D eigenvalue weighted by atomic mass is 32.1. The van der Waals surface area contributed by atoms with E-state index in [-0.39, 0.29) is 5.41 Å². The SMILES string of the molecule is CCC1(CC)c2cc(-c3nc4ccccc4s3)ccc2-c2ccc(N(c3ccccc3)c3c(C(C)C)cccc3C(C)C)cc21. The minimum Gasteiger partial charge on any atom is -0.310 e. The van der Waals surface area contributed by atoms with E-state index in [1.807, 2.05) is 0 Å². The first-order valence-electron chi connectivity index (χ1n) is 16.5. The second-order valence-corrected chi connectivity index (χ2v) is 14.1. The molecule has 1 heterocycles. The van der Waals surface area contributed by atoms with Gasteiger partial charge >= 0.3 is 0 Å². The summed E-state index contributed by atoms with van der Waals surface area (Å²) in [5.74, 6) is 0.796. The summed E-state index contributed by atoms with van der Waals surface area (Å²) >= 11 is 1.79. The molecule has 0 saturated heterocycles. The summed E-state index contributed by atoms with van der Waals surface area (Å²) in [7, 11) is 0. The number of thiazole rings is 1. The maximum Gasteiger partial charge on any atom is 0.124 e. The monoisotopic (exact) mass is 606 g/mol. The number of anilines is 3. The van der Waals surface area contributed by atoms with Gasteiger partial charge in [0.05, 0.1) is 15.9 Å². The average Bonchev–Trinajstić information content (AvgIpc) is 3.62. The summed E-state index contributed by atoms with van der Waals surface area (Å²) in [5.41, 5.74) is 14.3. The maximum absolute atomic E-state index is 5.02. The summed E-state index contributed by atoms with van der Waals surface area (Å²) in [4.78, 5) is 7.54. The molecule has 5 aromatic carbocycles. The number of aromatic nitrogens is 1. The van der Waals surface area contributed by atoms with Crippen molar-refractivity contribution in [3.63, 3.8) is 0 Å². The topological polar surface area (TPSA) is 16.1 Å². The van der Waals surface area contributed by atoms with E-state index in [9.17, 15) is 0 Å². The van der Waals surface area contributed by atoms with Gasteiger partial charge in [0.1, 0.15) is 5.01 Å². The van der Waals surface area contributed by atoms with Crippen molar-refractivity contribution in [3.05, 3.63) is 131 Å². The van der Waals surface area contributed by atoms with Crippen LogP contribution in [0.2, 0.25) is 0 Å². The van der Waals surface area contributed by atoms with Crippen molar-refractivity contribution in [2.45, 2.75) is 71.6 Å². The normalized spacial score (nSPS) is 13.4. The lowest BCUT2D eigenvalue weighted by atomic mass is 9.73. The van der Waals surface area contributed by atoms with Crippen LogP contribution in [-0.4, -0.2) is 4.98 Å². The fourth-order valence-corrected chi connectivity index (χ4v) is 8.48. The number of rotatable bonds is 8. The van der Waals surface area contributed by atoms with Gasteiger partial charge in [0.15, 0.2) is 0 Å². The molecule has 0 unspecified atom stereocenters. The number of hydrogen-bond donors (Lipinski definition) is 0. The van der Waals surface area contributed by atoms with Crippen LogP contribution in [0.1, 0.15) is 88.5 Å². The van der Waals surface area contributed by atoms with Crippen LogP contribution < -0.4 is 4.90 Å². The Morgan fingerprint density at radius 3 is 1.91 bits per heavy atom. The van der Waals surface area contributed by atoms with Crippen molar-refractivity contribution in [1.82, 2.24) is 4.98 Å². The number of nitrogens with zero attached hydrogens (tertiary/aromatic N) is 2. The predicted molar refractivity (Wildman–Crippen MR) is 195 cm³/mol. The highest BCUT2D eigenvalue weighted by molar-refractivity contribution is 7.21. The largest absolute Gasteiger partial charge is 0.310 e. The van der Waals surface area contributed by atoms with Gasteiger partial charge in [-0.15, -0.1) is 11.3 Å². The summed E-state index contributed by atoms with van der Waals surface area (Å²) in [6.45, 7) is 14.0. The van der Waals surface area contributed by atoms with Crippen LogP contribution in [0.25, 0.3) is 31.9 Å². The lowest BCUT2D eigenvalue weighted by Gasteiger charge is -2.34. The van der Waals surface area contributed by atoms with E-state index >= 15 is 0 Å². The summed E-state index contributed by atoms with van der Waals surface area (Å²) in [5, 5.41) is 1.10. The van der Waals surface area contributed by atoms with E-state index in [0.29, 0.717) is 11.8 Å². The van der Waals surface area contributed by atoms with Crippen LogP contribution in [0.3, 0.4) is 0 Å². The fraction of sp³-hybridized carbons (Fsp3) is 0.262. The number of benzene rings is 5. The van der Waals surface area contributed by atoms with Gasteiger partial charge in [0, 0.05) is 22.4 Å². The van der Waals surface area contributed by atoms with Crippen LogP contribution in [0, 0.1) is 0 Å². The standard InChI is InChI=1S/C42H42N2S/c1-7-42(8-2)36-25-29(41-43-38-19-12-13-20-39(38)45-41)21-23-34(36)35-24-22-31(26-37(35)42)44(30-15-10-9-11-16-30)40-32(27(3)4)17-14-18-33(40)28(5)6/h9-28H,7-8H2,1-6H3. The Bertz CT molecular complexity index is 1940. The zero-order valence-corrected chi connectivity index (χ0v) is 28.1. The Hall–Kier alpha value is -4.21. The number of fused-ring (bicyclic) bond motifs is 4. The van der Waals surface area contributed by atoms with E-state index in [1.165, 1.54) is 60.7 Å². The Morgan fingerprint density at radius 1 is 0.644 bits per heavy atom. The molecule has 226 valence electrons. The minimum absolute atomic E-state index is 0.0613. The summed E-state index contributed by atoms with van der Waals surface area (Å²) < 4.78 is 1.24. The molecule has 45 heavy (non-hydrogen) atoms. The molecule has 7 rings (SSSR count). The Balaban J connectivity index is 1.42. The van der Waals surface area contributed by atoms with Crippen molar-refractivity contribution in [3.8, 4) is 21.7 Å². The van der Waals surface area contributed by atoms with Gasteiger partial charge in [-0.05, 0) is 101 Å². The molecule has 0 N–H and O–H groups in total. The first kappa shape index (κ1) is 29.5. The van der Waals surface area contributed by atoms with Crippen molar-refractivity contribution in [1.29, 1.82) is 0 Å². The number of para-hydroxylation sites is 3. The molecule has 1 aromatic heterocycles. The average molecular weight is 607 g/mol. The third-order valence-electron chi connectivity index (χ3n) is 9.93. The minimum atomic E-state index is -0.0613. The summed E-state index contributed by atoms with van der Waals surface area (Å²) in [6, 6.07) is 40.6. The molecule has 1 aliphatic carbocycles. The Morgan fingerprint density at radius 2 is 1.27 bits per heavy atom. The molecule has 0 amide bonds. The van der Waals surface area contributed by atoms with E-state index in [1.54, 1.807) is 11.3 Å². The first-order chi connectivity index (χ1) is 21.9. The van der Waals surface area contributed by atoms with Crippen molar-refractivity contribution >= 4 is 38.6 Å². The Labute approximate surface area is 272 Å². The molecule has 0 spiro atoms. The van der Waals surface area contributed by atoms with E-state index < -0.39 is 0 Å². The molecule has 0 aliphatic heterocycles. The van der Waals surface area contributed by atoms with E-state index in [2.05, 4.69) is 156 Å².